The van der Waals surface area contributed by atoms with Gasteiger partial charge in [-0.05, 0) is 19.4 Å². The highest BCUT2D eigenvalue weighted by molar-refractivity contribution is 5.59. The third-order valence-electron chi connectivity index (χ3n) is 1.93. The van der Waals surface area contributed by atoms with Crippen LogP contribution in [0.1, 0.15) is 19.4 Å². The maximum Gasteiger partial charge on any atom is 0.533 e. The van der Waals surface area contributed by atoms with Crippen molar-refractivity contribution in [1.82, 2.24) is 5.48 Å². The second-order valence-corrected chi connectivity index (χ2v) is 3.20. The van der Waals surface area contributed by atoms with E-state index in [4.69, 9.17) is 4.74 Å². The van der Waals surface area contributed by atoms with Crippen LogP contribution in [0.5, 0.6) is 0 Å². The molecule has 1 N–H and O–H groups in total. The quantitative estimate of drug-likeness (QED) is 0.627. The number of hydrogen-bond donors (Lipinski definition) is 1. The van der Waals surface area contributed by atoms with Gasteiger partial charge in [0.2, 0.25) is 0 Å². The van der Waals surface area contributed by atoms with Gasteiger partial charge in [-0.2, -0.15) is 0 Å². The first-order valence-corrected chi connectivity index (χ1v) is 4.99. The van der Waals surface area contributed by atoms with Crippen LogP contribution >= 0.6 is 0 Å². The molecule has 86 valence electrons. The third kappa shape index (κ3) is 4.50. The number of rotatable bonds is 4. The molecule has 0 fully saturated rings. The molecule has 0 saturated carbocycles. The van der Waals surface area contributed by atoms with E-state index in [9.17, 15) is 4.79 Å². The van der Waals surface area contributed by atoms with E-state index in [1.807, 2.05) is 37.3 Å². The molecule has 0 radical (unpaired) electrons. The first-order chi connectivity index (χ1) is 7.72. The van der Waals surface area contributed by atoms with Gasteiger partial charge in [0.1, 0.15) is 6.61 Å². The highest BCUT2D eigenvalue weighted by Gasteiger charge is 2.03. The molecule has 1 aromatic carbocycles. The van der Waals surface area contributed by atoms with Crippen LogP contribution in [-0.2, 0) is 16.2 Å². The van der Waals surface area contributed by atoms with Gasteiger partial charge in [-0.1, -0.05) is 36.4 Å². The molecule has 0 heterocycles. The number of ether oxygens (including phenoxy) is 1. The van der Waals surface area contributed by atoms with Crippen molar-refractivity contribution in [3.05, 3.63) is 47.7 Å². The zero-order valence-corrected chi connectivity index (χ0v) is 9.40. The third-order valence-corrected chi connectivity index (χ3v) is 1.93. The van der Waals surface area contributed by atoms with Gasteiger partial charge in [-0.3, -0.25) is 0 Å². The molecule has 1 aromatic rings. The van der Waals surface area contributed by atoms with E-state index in [0.29, 0.717) is 0 Å². The summed E-state index contributed by atoms with van der Waals surface area (Å²) >= 11 is 0. The van der Waals surface area contributed by atoms with Crippen LogP contribution in [0.3, 0.4) is 0 Å². The Morgan fingerprint density at radius 2 is 2.06 bits per heavy atom. The van der Waals surface area contributed by atoms with E-state index in [1.165, 1.54) is 0 Å². The molecular formula is C12H15NO3. The zero-order valence-electron chi connectivity index (χ0n) is 9.40. The fourth-order valence-electron chi connectivity index (χ4n) is 0.927. The minimum atomic E-state index is -0.745. The first-order valence-electron chi connectivity index (χ1n) is 4.99. The lowest BCUT2D eigenvalue weighted by Gasteiger charge is -2.07. The highest BCUT2D eigenvalue weighted by Crippen LogP contribution is 2.01. The van der Waals surface area contributed by atoms with Crippen LogP contribution in [0.2, 0.25) is 0 Å². The standard InChI is InChI=1S/C12H15NO3/c1-3-10(2)13-16-12(14)15-9-11-7-5-4-6-8-11/h3-8,13H,9H2,1-2H3. The molecule has 0 aliphatic heterocycles. The van der Waals surface area contributed by atoms with Gasteiger partial charge in [0, 0.05) is 5.70 Å². The lowest BCUT2D eigenvalue weighted by Crippen LogP contribution is -2.18. The number of carbonyl (C=O) groups excluding carboxylic acids is 1. The van der Waals surface area contributed by atoms with Crippen LogP contribution in [0.15, 0.2) is 42.1 Å². The molecule has 16 heavy (non-hydrogen) atoms. The summed E-state index contributed by atoms with van der Waals surface area (Å²) in [5, 5.41) is 0. The van der Waals surface area contributed by atoms with Gasteiger partial charge in [-0.25, -0.2) is 10.3 Å². The van der Waals surface area contributed by atoms with Crippen molar-refractivity contribution >= 4 is 6.16 Å². The lowest BCUT2D eigenvalue weighted by molar-refractivity contribution is 0.0219. The van der Waals surface area contributed by atoms with Gasteiger partial charge in [0.05, 0.1) is 0 Å². The van der Waals surface area contributed by atoms with Crippen molar-refractivity contribution in [3.63, 3.8) is 0 Å². The van der Waals surface area contributed by atoms with Crippen LogP contribution in [-0.4, -0.2) is 6.16 Å². The summed E-state index contributed by atoms with van der Waals surface area (Å²) < 4.78 is 4.87. The minimum absolute atomic E-state index is 0.205. The number of carbonyl (C=O) groups is 1. The average molecular weight is 221 g/mol. The van der Waals surface area contributed by atoms with E-state index >= 15 is 0 Å². The van der Waals surface area contributed by atoms with Gasteiger partial charge in [0.25, 0.3) is 0 Å². The second-order valence-electron chi connectivity index (χ2n) is 3.20. The molecule has 0 bridgehead atoms. The SMILES string of the molecule is CC=C(C)NOC(=O)OCc1ccccc1. The lowest BCUT2D eigenvalue weighted by atomic mass is 10.2. The topological polar surface area (TPSA) is 47.6 Å². The van der Waals surface area contributed by atoms with Crippen molar-refractivity contribution < 1.29 is 14.4 Å². The molecule has 0 amide bonds. The zero-order chi connectivity index (χ0) is 11.8. The molecule has 0 spiro atoms. The van der Waals surface area contributed by atoms with Crippen LogP contribution < -0.4 is 5.48 Å². The maximum absolute atomic E-state index is 11.1. The van der Waals surface area contributed by atoms with E-state index in [2.05, 4.69) is 10.3 Å². The number of allylic oxidation sites excluding steroid dienone is 2. The summed E-state index contributed by atoms with van der Waals surface area (Å²) in [7, 11) is 0. The van der Waals surface area contributed by atoms with Crippen LogP contribution in [0, 0.1) is 0 Å². The summed E-state index contributed by atoms with van der Waals surface area (Å²) in [6.07, 6.45) is 1.04. The Morgan fingerprint density at radius 1 is 1.38 bits per heavy atom. The highest BCUT2D eigenvalue weighted by atomic mass is 16.8. The second kappa shape index (κ2) is 6.50. The summed E-state index contributed by atoms with van der Waals surface area (Å²) in [5.41, 5.74) is 4.12. The largest absolute Gasteiger partial charge is 0.533 e. The Morgan fingerprint density at radius 3 is 2.69 bits per heavy atom. The van der Waals surface area contributed by atoms with E-state index in [-0.39, 0.29) is 6.61 Å². The van der Waals surface area contributed by atoms with Crippen molar-refractivity contribution in [1.29, 1.82) is 0 Å². The monoisotopic (exact) mass is 221 g/mol. The number of benzene rings is 1. The Bertz CT molecular complexity index is 360. The van der Waals surface area contributed by atoms with Gasteiger partial charge in [-0.15, -0.1) is 0 Å². The van der Waals surface area contributed by atoms with Crippen molar-refractivity contribution in [2.45, 2.75) is 20.5 Å². The maximum atomic E-state index is 11.1. The predicted octanol–water partition coefficient (Wildman–Crippen LogP) is 2.77. The van der Waals surface area contributed by atoms with Gasteiger partial charge < -0.3 is 9.57 Å². The van der Waals surface area contributed by atoms with Gasteiger partial charge >= 0.3 is 6.16 Å². The Kier molecular flexibility index (Phi) is 4.92. The fraction of sp³-hybridized carbons (Fsp3) is 0.250. The molecule has 1 rings (SSSR count). The van der Waals surface area contributed by atoms with Gasteiger partial charge in [0.15, 0.2) is 0 Å². The number of nitrogens with one attached hydrogen (secondary N) is 1. The normalized spacial score (nSPS) is 10.8. The molecule has 0 saturated heterocycles. The number of hydroxylamine groups is 1. The molecular weight excluding hydrogens is 206 g/mol. The Hall–Kier alpha value is -1.97. The molecule has 0 unspecified atom stereocenters. The predicted molar refractivity (Wildman–Crippen MR) is 60.3 cm³/mol. The average Bonchev–Trinajstić information content (AvgIpc) is 2.34. The number of hydrogen-bond acceptors (Lipinski definition) is 4. The molecule has 0 atom stereocenters. The summed E-state index contributed by atoms with van der Waals surface area (Å²) in [5.74, 6) is 0. The summed E-state index contributed by atoms with van der Waals surface area (Å²) in [6.45, 7) is 3.82. The fourth-order valence-corrected chi connectivity index (χ4v) is 0.927. The minimum Gasteiger partial charge on any atom is -0.428 e. The molecule has 0 aromatic heterocycles. The van der Waals surface area contributed by atoms with E-state index in [0.717, 1.165) is 11.3 Å². The van der Waals surface area contributed by atoms with E-state index in [1.54, 1.807) is 13.0 Å². The smallest absolute Gasteiger partial charge is 0.428 e. The first kappa shape index (κ1) is 12.1. The Balaban J connectivity index is 2.26. The molecule has 4 heteroatoms. The Labute approximate surface area is 94.8 Å². The van der Waals surface area contributed by atoms with Crippen molar-refractivity contribution in [3.8, 4) is 0 Å². The summed E-state index contributed by atoms with van der Waals surface area (Å²) in [6, 6.07) is 9.41. The molecule has 0 aliphatic rings. The molecule has 0 aliphatic carbocycles. The van der Waals surface area contributed by atoms with Crippen molar-refractivity contribution in [2.24, 2.45) is 0 Å². The van der Waals surface area contributed by atoms with Crippen molar-refractivity contribution in [2.75, 3.05) is 0 Å². The van der Waals surface area contributed by atoms with Crippen LogP contribution in [0.4, 0.5) is 4.79 Å². The summed E-state index contributed by atoms with van der Waals surface area (Å²) in [4.78, 5) is 15.7. The molecule has 4 nitrogen and oxygen atoms in total. The van der Waals surface area contributed by atoms with Crippen LogP contribution in [0.25, 0.3) is 0 Å². The van der Waals surface area contributed by atoms with E-state index < -0.39 is 6.16 Å².